The highest BCUT2D eigenvalue weighted by Gasteiger charge is 2.36. The predicted molar refractivity (Wildman–Crippen MR) is 80.8 cm³/mol. The van der Waals surface area contributed by atoms with Gasteiger partial charge in [-0.15, -0.1) is 0 Å². The lowest BCUT2D eigenvalue weighted by Crippen LogP contribution is -2.51. The van der Waals surface area contributed by atoms with Gasteiger partial charge in [0.2, 0.25) is 11.9 Å². The van der Waals surface area contributed by atoms with Crippen molar-refractivity contribution in [3.8, 4) is 0 Å². The van der Waals surface area contributed by atoms with Gasteiger partial charge in [-0.1, -0.05) is 0 Å². The first kappa shape index (κ1) is 13.6. The van der Waals surface area contributed by atoms with Gasteiger partial charge in [0.05, 0.1) is 4.47 Å². The Morgan fingerprint density at radius 3 is 3.15 bits per heavy atom. The maximum Gasteiger partial charge on any atom is 0.224 e. The third-order valence-corrected chi connectivity index (χ3v) is 4.41. The zero-order chi connectivity index (χ0) is 14.1. The molecule has 0 aromatic carbocycles. The molecule has 0 saturated carbocycles. The maximum absolute atomic E-state index is 11.7. The summed E-state index contributed by atoms with van der Waals surface area (Å²) in [7, 11) is 0. The molecule has 1 amide bonds. The Morgan fingerprint density at radius 1 is 1.50 bits per heavy atom. The van der Waals surface area contributed by atoms with Crippen LogP contribution in [0.2, 0.25) is 0 Å². The fourth-order valence-corrected chi connectivity index (χ4v) is 3.32. The van der Waals surface area contributed by atoms with Crippen molar-refractivity contribution in [1.82, 2.24) is 14.9 Å². The van der Waals surface area contributed by atoms with Crippen LogP contribution in [0.5, 0.6) is 0 Å². The minimum atomic E-state index is 0.296. The number of piperazine rings is 1. The number of halogens is 1. The Labute approximate surface area is 126 Å². The second-order valence-electron chi connectivity index (χ2n) is 5.12. The van der Waals surface area contributed by atoms with Crippen LogP contribution in [0.3, 0.4) is 0 Å². The van der Waals surface area contributed by atoms with E-state index in [1.54, 1.807) is 6.20 Å². The van der Waals surface area contributed by atoms with Gasteiger partial charge < -0.3 is 15.1 Å². The van der Waals surface area contributed by atoms with Gasteiger partial charge in [0.25, 0.3) is 0 Å². The van der Waals surface area contributed by atoms with Crippen LogP contribution >= 0.6 is 15.9 Å². The largest absolute Gasteiger partial charge is 0.354 e. The van der Waals surface area contributed by atoms with Gasteiger partial charge in [0.15, 0.2) is 0 Å². The molecule has 0 radical (unpaired) electrons. The summed E-state index contributed by atoms with van der Waals surface area (Å²) in [5.41, 5.74) is 0. The van der Waals surface area contributed by atoms with Gasteiger partial charge in [-0.2, -0.15) is 4.98 Å². The summed E-state index contributed by atoms with van der Waals surface area (Å²) in [4.78, 5) is 24.8. The Hall–Kier alpha value is -1.37. The first-order valence-electron chi connectivity index (χ1n) is 7.00. The van der Waals surface area contributed by atoms with Gasteiger partial charge in [-0.05, 0) is 29.3 Å². The van der Waals surface area contributed by atoms with Crippen LogP contribution in [0.4, 0.5) is 11.8 Å². The Kier molecular flexibility index (Phi) is 3.78. The molecule has 1 atom stereocenters. The zero-order valence-electron chi connectivity index (χ0n) is 11.5. The van der Waals surface area contributed by atoms with E-state index in [4.69, 9.17) is 0 Å². The summed E-state index contributed by atoms with van der Waals surface area (Å²) in [6, 6.07) is 0.334. The van der Waals surface area contributed by atoms with Crippen molar-refractivity contribution in [2.24, 2.45) is 0 Å². The van der Waals surface area contributed by atoms with E-state index in [0.717, 1.165) is 42.9 Å². The predicted octanol–water partition coefficient (Wildman–Crippen LogP) is 1.48. The molecule has 2 aliphatic rings. The Bertz CT molecular complexity index is 523. The number of hydrogen-bond donors (Lipinski definition) is 1. The number of hydrogen-bond acceptors (Lipinski definition) is 5. The van der Waals surface area contributed by atoms with Crippen molar-refractivity contribution >= 4 is 33.6 Å². The molecule has 1 N–H and O–H groups in total. The van der Waals surface area contributed by atoms with Crippen molar-refractivity contribution in [3.05, 3.63) is 10.7 Å². The van der Waals surface area contributed by atoms with E-state index in [0.29, 0.717) is 24.3 Å². The van der Waals surface area contributed by atoms with Crippen molar-refractivity contribution in [2.45, 2.75) is 25.8 Å². The van der Waals surface area contributed by atoms with E-state index < -0.39 is 0 Å². The number of amides is 1. The van der Waals surface area contributed by atoms with E-state index in [1.807, 2.05) is 11.8 Å². The summed E-state index contributed by atoms with van der Waals surface area (Å²) in [6.07, 6.45) is 3.43. The van der Waals surface area contributed by atoms with E-state index in [-0.39, 0.29) is 0 Å². The molecule has 2 fully saturated rings. The first-order valence-corrected chi connectivity index (χ1v) is 7.79. The molecule has 7 heteroatoms. The van der Waals surface area contributed by atoms with E-state index in [1.165, 1.54) is 0 Å². The number of nitrogens with one attached hydrogen (secondary N) is 1. The fraction of sp³-hybridized carbons (Fsp3) is 0.615. The molecular formula is C13H18BrN5O. The molecule has 2 aliphatic heterocycles. The minimum Gasteiger partial charge on any atom is -0.354 e. The minimum absolute atomic E-state index is 0.296. The number of nitrogens with zero attached hydrogens (tertiary/aromatic N) is 4. The third-order valence-electron chi connectivity index (χ3n) is 3.85. The molecule has 20 heavy (non-hydrogen) atoms. The molecule has 1 aromatic heterocycles. The molecule has 1 aromatic rings. The standard InChI is InChI=1S/C13H18BrN5O/c1-2-15-13-16-7-10(14)12(17-13)18-5-6-19-9(8-18)3-4-11(19)20/h7,9H,2-6,8H2,1H3,(H,15,16,17). The number of rotatable bonds is 3. The number of carbonyl (C=O) groups is 1. The lowest BCUT2D eigenvalue weighted by molar-refractivity contribution is -0.129. The average molecular weight is 340 g/mol. The monoisotopic (exact) mass is 339 g/mol. The second-order valence-corrected chi connectivity index (χ2v) is 5.98. The zero-order valence-corrected chi connectivity index (χ0v) is 13.1. The molecule has 3 heterocycles. The number of carbonyl (C=O) groups excluding carboxylic acids is 1. The van der Waals surface area contributed by atoms with Crippen LogP contribution in [0.15, 0.2) is 10.7 Å². The van der Waals surface area contributed by atoms with Crippen molar-refractivity contribution in [1.29, 1.82) is 0 Å². The van der Waals surface area contributed by atoms with Gasteiger partial charge in [0.1, 0.15) is 5.82 Å². The summed E-state index contributed by atoms with van der Waals surface area (Å²) in [6.45, 7) is 5.28. The maximum atomic E-state index is 11.7. The topological polar surface area (TPSA) is 61.4 Å². The highest BCUT2D eigenvalue weighted by molar-refractivity contribution is 9.10. The first-order chi connectivity index (χ1) is 9.69. The summed E-state index contributed by atoms with van der Waals surface area (Å²) < 4.78 is 0.900. The molecule has 108 valence electrons. The average Bonchev–Trinajstić information content (AvgIpc) is 2.82. The molecule has 0 spiro atoms. The van der Waals surface area contributed by atoms with Gasteiger partial charge in [-0.3, -0.25) is 4.79 Å². The highest BCUT2D eigenvalue weighted by Crippen LogP contribution is 2.29. The van der Waals surface area contributed by atoms with Crippen molar-refractivity contribution < 1.29 is 4.79 Å². The number of aromatic nitrogens is 2. The molecule has 6 nitrogen and oxygen atoms in total. The summed E-state index contributed by atoms with van der Waals surface area (Å²) in [5.74, 6) is 1.86. The van der Waals surface area contributed by atoms with E-state index in [9.17, 15) is 4.79 Å². The lowest BCUT2D eigenvalue weighted by atomic mass is 10.1. The SMILES string of the molecule is CCNc1ncc(Br)c(N2CCN3C(=O)CCC3C2)n1. The molecule has 0 aliphatic carbocycles. The number of fused-ring (bicyclic) bond motifs is 1. The van der Waals surface area contributed by atoms with Crippen LogP contribution in [-0.2, 0) is 4.79 Å². The van der Waals surface area contributed by atoms with Crippen molar-refractivity contribution in [3.63, 3.8) is 0 Å². The van der Waals surface area contributed by atoms with E-state index >= 15 is 0 Å². The molecule has 0 bridgehead atoms. The Morgan fingerprint density at radius 2 is 2.35 bits per heavy atom. The summed E-state index contributed by atoms with van der Waals surface area (Å²) in [5, 5.41) is 3.13. The van der Waals surface area contributed by atoms with Crippen LogP contribution in [-0.4, -0.2) is 53.0 Å². The van der Waals surface area contributed by atoms with Crippen molar-refractivity contribution in [2.75, 3.05) is 36.4 Å². The second kappa shape index (κ2) is 5.55. The molecule has 2 saturated heterocycles. The van der Waals surface area contributed by atoms with Crippen LogP contribution < -0.4 is 10.2 Å². The molecule has 1 unspecified atom stereocenters. The van der Waals surface area contributed by atoms with Gasteiger partial charge in [0, 0.05) is 44.8 Å². The van der Waals surface area contributed by atoms with Crippen LogP contribution in [0.1, 0.15) is 19.8 Å². The lowest BCUT2D eigenvalue weighted by Gasteiger charge is -2.38. The normalized spacial score (nSPS) is 22.1. The summed E-state index contributed by atoms with van der Waals surface area (Å²) >= 11 is 3.53. The Balaban J connectivity index is 1.79. The van der Waals surface area contributed by atoms with E-state index in [2.05, 4.69) is 36.1 Å². The molecular weight excluding hydrogens is 322 g/mol. The smallest absolute Gasteiger partial charge is 0.224 e. The highest BCUT2D eigenvalue weighted by atomic mass is 79.9. The fourth-order valence-electron chi connectivity index (χ4n) is 2.88. The quantitative estimate of drug-likeness (QED) is 0.903. The van der Waals surface area contributed by atoms with Crippen LogP contribution in [0.25, 0.3) is 0 Å². The van der Waals surface area contributed by atoms with Crippen LogP contribution in [0, 0.1) is 0 Å². The third kappa shape index (κ3) is 2.46. The number of anilines is 2. The van der Waals surface area contributed by atoms with Gasteiger partial charge in [-0.25, -0.2) is 4.98 Å². The molecule has 3 rings (SSSR count). The van der Waals surface area contributed by atoms with Gasteiger partial charge >= 0.3 is 0 Å².